The molecule has 0 aromatic heterocycles. The molecule has 2 unspecified atom stereocenters. The number of rotatable bonds is 5. The van der Waals surface area contributed by atoms with Gasteiger partial charge in [-0.15, -0.1) is 12.3 Å². The van der Waals surface area contributed by atoms with Gasteiger partial charge in [-0.05, 0) is 25.8 Å². The number of terminal acetylenes is 1. The zero-order chi connectivity index (χ0) is 18.5. The van der Waals surface area contributed by atoms with E-state index in [2.05, 4.69) is 5.92 Å². The van der Waals surface area contributed by atoms with E-state index in [-0.39, 0.29) is 12.8 Å². The highest BCUT2D eigenvalue weighted by Crippen LogP contribution is 2.20. The minimum Gasteiger partial charge on any atom is -0.374 e. The van der Waals surface area contributed by atoms with Crippen molar-refractivity contribution in [2.24, 2.45) is 0 Å². The molecule has 0 heterocycles. The van der Waals surface area contributed by atoms with Gasteiger partial charge in [0.05, 0.1) is 12.8 Å². The Morgan fingerprint density at radius 2 is 1.74 bits per heavy atom. The van der Waals surface area contributed by atoms with Crippen LogP contribution in [0.1, 0.15) is 19.8 Å². The normalized spacial score (nSPS) is 14.6. The van der Waals surface area contributed by atoms with Crippen molar-refractivity contribution in [2.45, 2.75) is 38.1 Å². The molecule has 0 aromatic carbocycles. The van der Waals surface area contributed by atoms with E-state index < -0.39 is 42.8 Å². The molecule has 0 saturated carbocycles. The Balaban J connectivity index is 0. The maximum absolute atomic E-state index is 12.5. The maximum atomic E-state index is 12.5. The molecule has 0 aliphatic heterocycles. The summed E-state index contributed by atoms with van der Waals surface area (Å²) in [5.74, 6) is 3.25. The number of unbranched alkanes of at least 4 members (excludes halogenated alkanes) is 1. The molecule has 0 aromatic rings. The van der Waals surface area contributed by atoms with Crippen LogP contribution in [0, 0.1) is 24.2 Å². The summed E-state index contributed by atoms with van der Waals surface area (Å²) in [5.41, 5.74) is 0. The second-order valence-electron chi connectivity index (χ2n) is 3.86. The molecule has 23 heavy (non-hydrogen) atoms. The van der Waals surface area contributed by atoms with E-state index >= 15 is 0 Å². The van der Waals surface area contributed by atoms with Crippen LogP contribution in [0.4, 0.5) is 26.3 Å². The Bertz CT molecular complexity index is 491. The van der Waals surface area contributed by atoms with E-state index in [9.17, 15) is 26.3 Å². The second-order valence-corrected chi connectivity index (χ2v) is 3.86. The summed E-state index contributed by atoms with van der Waals surface area (Å²) >= 11 is 0. The van der Waals surface area contributed by atoms with Crippen LogP contribution in [0.15, 0.2) is 23.8 Å². The van der Waals surface area contributed by atoms with Crippen molar-refractivity contribution in [3.05, 3.63) is 23.8 Å². The van der Waals surface area contributed by atoms with Crippen molar-refractivity contribution >= 4 is 0 Å². The Morgan fingerprint density at radius 3 is 2.13 bits per heavy atom. The fourth-order valence-electron chi connectivity index (χ4n) is 0.949. The van der Waals surface area contributed by atoms with Crippen LogP contribution in [0.25, 0.3) is 0 Å². The lowest BCUT2D eigenvalue weighted by molar-refractivity contribution is -0.0822. The molecule has 0 aliphatic carbocycles. The second kappa shape index (κ2) is 12.6. The Morgan fingerprint density at radius 1 is 1.17 bits per heavy atom. The third-order valence-corrected chi connectivity index (χ3v) is 1.94. The zero-order valence-corrected chi connectivity index (χ0v) is 12.2. The van der Waals surface area contributed by atoms with Gasteiger partial charge in [-0.2, -0.15) is 13.2 Å². The van der Waals surface area contributed by atoms with Crippen molar-refractivity contribution in [3.8, 4) is 24.2 Å². The summed E-state index contributed by atoms with van der Waals surface area (Å²) in [7, 11) is 0. The number of hydrogen-bond donors (Lipinski definition) is 2. The smallest absolute Gasteiger partial charge is 0.374 e. The van der Waals surface area contributed by atoms with Crippen molar-refractivity contribution in [3.63, 3.8) is 0 Å². The van der Waals surface area contributed by atoms with Gasteiger partial charge in [0.15, 0.2) is 12.2 Å². The molecule has 0 bridgehead atoms. The molecule has 0 aliphatic rings. The van der Waals surface area contributed by atoms with Gasteiger partial charge in [-0.1, -0.05) is 11.8 Å². The van der Waals surface area contributed by atoms with Gasteiger partial charge in [-0.3, -0.25) is 4.39 Å². The molecule has 130 valence electrons. The van der Waals surface area contributed by atoms with Crippen LogP contribution in [0.5, 0.6) is 0 Å². The highest BCUT2D eigenvalue weighted by atomic mass is 19.4. The molecular formula is C15H16F6O2. The molecule has 0 fully saturated rings. The minimum absolute atomic E-state index is 0.255. The van der Waals surface area contributed by atoms with Gasteiger partial charge in [0.2, 0.25) is 0 Å². The van der Waals surface area contributed by atoms with Crippen LogP contribution in [-0.4, -0.2) is 35.3 Å². The molecule has 0 spiro atoms. The summed E-state index contributed by atoms with van der Waals surface area (Å²) < 4.78 is 70.5. The predicted molar refractivity (Wildman–Crippen MR) is 73.9 cm³/mol. The quantitative estimate of drug-likeness (QED) is 0.457. The van der Waals surface area contributed by atoms with Crippen LogP contribution < -0.4 is 0 Å². The molecule has 2 atom stereocenters. The van der Waals surface area contributed by atoms with Crippen molar-refractivity contribution in [1.29, 1.82) is 0 Å². The average molecular weight is 342 g/mol. The lowest BCUT2D eigenvalue weighted by atomic mass is 10.2. The summed E-state index contributed by atoms with van der Waals surface area (Å²) in [6.45, 7) is 0.792. The third-order valence-electron chi connectivity index (χ3n) is 1.94. The minimum atomic E-state index is -4.76. The summed E-state index contributed by atoms with van der Waals surface area (Å²) in [6.07, 6.45) is -2.51. The number of aliphatic hydroxyl groups excluding tert-OH is 2. The van der Waals surface area contributed by atoms with Gasteiger partial charge in [0.1, 0.15) is 11.7 Å². The van der Waals surface area contributed by atoms with Crippen molar-refractivity contribution < 1.29 is 36.6 Å². The van der Waals surface area contributed by atoms with Gasteiger partial charge in [-0.25, -0.2) is 8.78 Å². The van der Waals surface area contributed by atoms with E-state index in [0.29, 0.717) is 0 Å². The Labute approximate surface area is 130 Å². The maximum Gasteiger partial charge on any atom is 0.412 e. The van der Waals surface area contributed by atoms with Gasteiger partial charge in [0.25, 0.3) is 0 Å². The standard InChI is InChI=1S/C8H10F2O.C7H6F4O/c1-2-8(11)7(10)5-3-4-6-9;1-2-3-6(12)5(8)4-7(9,10)11/h1,5,8,11H,3-4,6H2;4,6,12H,1H3. The van der Waals surface area contributed by atoms with E-state index in [1.165, 1.54) is 6.92 Å². The van der Waals surface area contributed by atoms with Crippen LogP contribution in [-0.2, 0) is 0 Å². The number of halogens is 6. The molecule has 0 saturated heterocycles. The first-order valence-electron chi connectivity index (χ1n) is 6.20. The average Bonchev–Trinajstić information content (AvgIpc) is 2.45. The van der Waals surface area contributed by atoms with Gasteiger partial charge in [0, 0.05) is 0 Å². The Kier molecular flexibility index (Phi) is 12.8. The monoisotopic (exact) mass is 342 g/mol. The number of aliphatic hydroxyl groups is 2. The first kappa shape index (κ1) is 23.4. The van der Waals surface area contributed by atoms with E-state index in [4.69, 9.17) is 16.6 Å². The van der Waals surface area contributed by atoms with Gasteiger partial charge < -0.3 is 10.2 Å². The summed E-state index contributed by atoms with van der Waals surface area (Å²) in [6, 6.07) is 0. The van der Waals surface area contributed by atoms with Gasteiger partial charge >= 0.3 is 6.18 Å². The van der Waals surface area contributed by atoms with E-state index in [0.717, 1.165) is 6.08 Å². The van der Waals surface area contributed by atoms with Crippen molar-refractivity contribution in [2.75, 3.05) is 6.67 Å². The number of alkyl halides is 4. The molecule has 2 N–H and O–H groups in total. The fraction of sp³-hybridized carbons (Fsp3) is 0.467. The third kappa shape index (κ3) is 14.8. The lowest BCUT2D eigenvalue weighted by Crippen LogP contribution is -2.09. The lowest BCUT2D eigenvalue weighted by Gasteiger charge is -2.02. The number of hydrogen-bond acceptors (Lipinski definition) is 2. The van der Waals surface area contributed by atoms with Crippen molar-refractivity contribution in [1.82, 2.24) is 0 Å². The molecule has 0 rings (SSSR count). The zero-order valence-electron chi connectivity index (χ0n) is 12.2. The van der Waals surface area contributed by atoms with Crippen LogP contribution in [0.3, 0.4) is 0 Å². The molecule has 0 amide bonds. The van der Waals surface area contributed by atoms with E-state index in [1.54, 1.807) is 0 Å². The largest absolute Gasteiger partial charge is 0.412 e. The van der Waals surface area contributed by atoms with E-state index in [1.807, 2.05) is 11.8 Å². The molecular weight excluding hydrogens is 326 g/mol. The first-order chi connectivity index (χ1) is 10.6. The highest BCUT2D eigenvalue weighted by Gasteiger charge is 2.26. The highest BCUT2D eigenvalue weighted by molar-refractivity contribution is 5.16. The molecule has 8 heteroatoms. The predicted octanol–water partition coefficient (Wildman–Crippen LogP) is 3.37. The van der Waals surface area contributed by atoms with Crippen LogP contribution in [0.2, 0.25) is 0 Å². The molecule has 0 radical (unpaired) electrons. The first-order valence-corrected chi connectivity index (χ1v) is 6.20. The number of allylic oxidation sites excluding steroid dienone is 2. The Hall–Kier alpha value is -1.90. The van der Waals surface area contributed by atoms with Crippen LogP contribution >= 0.6 is 0 Å². The fourth-order valence-corrected chi connectivity index (χ4v) is 0.949. The summed E-state index contributed by atoms with van der Waals surface area (Å²) in [4.78, 5) is 0. The topological polar surface area (TPSA) is 40.5 Å². The molecule has 2 nitrogen and oxygen atoms in total. The summed E-state index contributed by atoms with van der Waals surface area (Å²) in [5, 5.41) is 17.2. The SMILES string of the molecule is C#CC(O)C(F)=CCCCF.CC#CC(O)C(F)=CC(F)(F)F.